The van der Waals surface area contributed by atoms with Crippen LogP contribution in [0, 0.1) is 6.92 Å². The standard InChI is InChI=1S/C20H23N3O3/c1-14-6-2-3-7-16(14)17(13-19(24)25)22-20(26)15-8-9-21-18(12-15)23-10-4-5-11-23/h2-3,6-9,12,17H,4-5,10-11,13H2,1H3,(H,22,26)(H,24,25)/t17-/m0/s1. The number of carbonyl (C=O) groups is 2. The number of aliphatic carboxylic acids is 1. The van der Waals surface area contributed by atoms with Crippen molar-refractivity contribution in [3.8, 4) is 0 Å². The number of benzene rings is 1. The molecule has 1 atom stereocenters. The quantitative estimate of drug-likeness (QED) is 0.834. The van der Waals surface area contributed by atoms with Gasteiger partial charge in [0.15, 0.2) is 0 Å². The fourth-order valence-electron chi connectivity index (χ4n) is 3.31. The van der Waals surface area contributed by atoms with E-state index in [4.69, 9.17) is 0 Å². The van der Waals surface area contributed by atoms with Gasteiger partial charge in [-0.15, -0.1) is 0 Å². The zero-order valence-electron chi connectivity index (χ0n) is 14.8. The minimum absolute atomic E-state index is 0.166. The van der Waals surface area contributed by atoms with Crippen molar-refractivity contribution >= 4 is 17.7 Å². The summed E-state index contributed by atoms with van der Waals surface area (Å²) in [6, 6.07) is 10.4. The molecule has 2 aromatic rings. The summed E-state index contributed by atoms with van der Waals surface area (Å²) in [5.74, 6) is -0.450. The molecular weight excluding hydrogens is 330 g/mol. The van der Waals surface area contributed by atoms with Gasteiger partial charge in [0.05, 0.1) is 12.5 Å². The summed E-state index contributed by atoms with van der Waals surface area (Å²) in [4.78, 5) is 30.5. The third-order valence-corrected chi connectivity index (χ3v) is 4.69. The third-order valence-electron chi connectivity index (χ3n) is 4.69. The van der Waals surface area contributed by atoms with E-state index in [0.717, 1.165) is 42.9 Å². The van der Waals surface area contributed by atoms with Crippen LogP contribution in [0.5, 0.6) is 0 Å². The van der Waals surface area contributed by atoms with Gasteiger partial charge in [-0.05, 0) is 43.0 Å². The zero-order chi connectivity index (χ0) is 18.5. The SMILES string of the molecule is Cc1ccccc1[C@H](CC(=O)O)NC(=O)c1ccnc(N2CCCC2)c1. The largest absolute Gasteiger partial charge is 0.481 e. The second-order valence-corrected chi connectivity index (χ2v) is 6.58. The molecule has 2 heterocycles. The molecule has 6 nitrogen and oxygen atoms in total. The molecule has 1 fully saturated rings. The number of hydrogen-bond acceptors (Lipinski definition) is 4. The van der Waals surface area contributed by atoms with E-state index in [1.165, 1.54) is 0 Å². The Balaban J connectivity index is 1.80. The number of carboxylic acids is 1. The van der Waals surface area contributed by atoms with Crippen molar-refractivity contribution in [3.05, 3.63) is 59.3 Å². The van der Waals surface area contributed by atoms with Crippen molar-refractivity contribution in [2.75, 3.05) is 18.0 Å². The summed E-state index contributed by atoms with van der Waals surface area (Å²) >= 11 is 0. The van der Waals surface area contributed by atoms with Crippen molar-refractivity contribution in [2.24, 2.45) is 0 Å². The maximum absolute atomic E-state index is 12.7. The molecule has 136 valence electrons. The second-order valence-electron chi connectivity index (χ2n) is 6.58. The lowest BCUT2D eigenvalue weighted by Gasteiger charge is -2.20. The number of aryl methyl sites for hydroxylation is 1. The summed E-state index contributed by atoms with van der Waals surface area (Å²) in [6.07, 6.45) is 3.72. The highest BCUT2D eigenvalue weighted by atomic mass is 16.4. The van der Waals surface area contributed by atoms with Crippen LogP contribution in [0.15, 0.2) is 42.6 Å². The molecule has 2 N–H and O–H groups in total. The number of nitrogens with one attached hydrogen (secondary N) is 1. The molecule has 26 heavy (non-hydrogen) atoms. The average molecular weight is 353 g/mol. The number of pyridine rings is 1. The lowest BCUT2D eigenvalue weighted by atomic mass is 9.98. The molecule has 0 bridgehead atoms. The van der Waals surface area contributed by atoms with E-state index in [1.807, 2.05) is 31.2 Å². The van der Waals surface area contributed by atoms with Gasteiger partial charge in [0.25, 0.3) is 5.91 Å². The Morgan fingerprint density at radius 1 is 1.23 bits per heavy atom. The Labute approximate surface area is 152 Å². The number of amides is 1. The first-order valence-corrected chi connectivity index (χ1v) is 8.84. The lowest BCUT2D eigenvalue weighted by molar-refractivity contribution is -0.137. The Bertz CT molecular complexity index is 800. The van der Waals surface area contributed by atoms with E-state index in [1.54, 1.807) is 18.3 Å². The highest BCUT2D eigenvalue weighted by Gasteiger charge is 2.21. The minimum Gasteiger partial charge on any atom is -0.481 e. The van der Waals surface area contributed by atoms with E-state index >= 15 is 0 Å². The number of aromatic nitrogens is 1. The highest BCUT2D eigenvalue weighted by molar-refractivity contribution is 5.95. The summed E-state index contributed by atoms with van der Waals surface area (Å²) in [6.45, 7) is 3.81. The Kier molecular flexibility index (Phi) is 5.51. The molecule has 0 unspecified atom stereocenters. The van der Waals surface area contributed by atoms with Gasteiger partial charge < -0.3 is 15.3 Å². The summed E-state index contributed by atoms with van der Waals surface area (Å²) in [5.41, 5.74) is 2.26. The summed E-state index contributed by atoms with van der Waals surface area (Å²) in [7, 11) is 0. The molecular formula is C20H23N3O3. The predicted molar refractivity (Wildman–Crippen MR) is 99.3 cm³/mol. The van der Waals surface area contributed by atoms with Crippen molar-refractivity contribution in [1.82, 2.24) is 10.3 Å². The van der Waals surface area contributed by atoms with Crippen LogP contribution in [0.25, 0.3) is 0 Å². The van der Waals surface area contributed by atoms with Gasteiger partial charge in [-0.1, -0.05) is 24.3 Å². The van der Waals surface area contributed by atoms with Crippen LogP contribution in [0.2, 0.25) is 0 Å². The molecule has 1 aromatic carbocycles. The van der Waals surface area contributed by atoms with Crippen molar-refractivity contribution in [3.63, 3.8) is 0 Å². The van der Waals surface area contributed by atoms with E-state index in [9.17, 15) is 14.7 Å². The van der Waals surface area contributed by atoms with Crippen molar-refractivity contribution in [2.45, 2.75) is 32.2 Å². The van der Waals surface area contributed by atoms with Crippen LogP contribution in [0.3, 0.4) is 0 Å². The van der Waals surface area contributed by atoms with Crippen LogP contribution in [0.1, 0.15) is 46.8 Å². The van der Waals surface area contributed by atoms with Crippen LogP contribution in [0.4, 0.5) is 5.82 Å². The molecule has 6 heteroatoms. The first kappa shape index (κ1) is 17.9. The number of hydrogen-bond donors (Lipinski definition) is 2. The summed E-state index contributed by atoms with van der Waals surface area (Å²) in [5, 5.41) is 12.1. The zero-order valence-corrected chi connectivity index (χ0v) is 14.8. The highest BCUT2D eigenvalue weighted by Crippen LogP contribution is 2.22. The van der Waals surface area contributed by atoms with Gasteiger partial charge in [0.1, 0.15) is 5.82 Å². The van der Waals surface area contributed by atoms with Gasteiger partial charge in [0, 0.05) is 24.8 Å². The van der Waals surface area contributed by atoms with E-state index in [2.05, 4.69) is 15.2 Å². The topological polar surface area (TPSA) is 82.5 Å². The Morgan fingerprint density at radius 3 is 2.65 bits per heavy atom. The molecule has 1 aliphatic heterocycles. The van der Waals surface area contributed by atoms with Gasteiger partial charge in [-0.2, -0.15) is 0 Å². The molecule has 1 aliphatic rings. The van der Waals surface area contributed by atoms with Gasteiger partial charge in [0.2, 0.25) is 0 Å². The smallest absolute Gasteiger partial charge is 0.305 e. The lowest BCUT2D eigenvalue weighted by Crippen LogP contribution is -2.31. The van der Waals surface area contributed by atoms with Gasteiger partial charge >= 0.3 is 5.97 Å². The van der Waals surface area contributed by atoms with Crippen molar-refractivity contribution in [1.29, 1.82) is 0 Å². The molecule has 1 amide bonds. The average Bonchev–Trinajstić information content (AvgIpc) is 3.16. The molecule has 0 radical (unpaired) electrons. The molecule has 0 aliphatic carbocycles. The maximum Gasteiger partial charge on any atom is 0.305 e. The molecule has 3 rings (SSSR count). The van der Waals surface area contributed by atoms with Crippen LogP contribution >= 0.6 is 0 Å². The molecule has 0 saturated carbocycles. The first-order chi connectivity index (χ1) is 12.5. The normalized spacial score (nSPS) is 14.9. The number of nitrogens with zero attached hydrogens (tertiary/aromatic N) is 2. The van der Waals surface area contributed by atoms with Crippen LogP contribution in [-0.4, -0.2) is 35.1 Å². The van der Waals surface area contributed by atoms with Gasteiger partial charge in [-0.25, -0.2) is 4.98 Å². The number of carboxylic acid groups (broad SMARTS) is 1. The third kappa shape index (κ3) is 4.20. The van der Waals surface area contributed by atoms with E-state index in [0.29, 0.717) is 5.56 Å². The monoisotopic (exact) mass is 353 g/mol. The van der Waals surface area contributed by atoms with Crippen molar-refractivity contribution < 1.29 is 14.7 Å². The maximum atomic E-state index is 12.7. The number of carbonyl (C=O) groups excluding carboxylic acids is 1. The van der Waals surface area contributed by atoms with E-state index in [-0.39, 0.29) is 12.3 Å². The molecule has 0 spiro atoms. The van der Waals surface area contributed by atoms with E-state index < -0.39 is 12.0 Å². The minimum atomic E-state index is -0.953. The van der Waals surface area contributed by atoms with Gasteiger partial charge in [-0.3, -0.25) is 9.59 Å². The first-order valence-electron chi connectivity index (χ1n) is 8.84. The molecule has 1 saturated heterocycles. The Morgan fingerprint density at radius 2 is 1.96 bits per heavy atom. The molecule has 1 aromatic heterocycles. The van der Waals surface area contributed by atoms with Crippen LogP contribution < -0.4 is 10.2 Å². The Hall–Kier alpha value is -2.89. The number of rotatable bonds is 6. The van der Waals surface area contributed by atoms with Crippen LogP contribution in [-0.2, 0) is 4.79 Å². The predicted octanol–water partition coefficient (Wildman–Crippen LogP) is 2.94. The fourth-order valence-corrected chi connectivity index (χ4v) is 3.31. The summed E-state index contributed by atoms with van der Waals surface area (Å²) < 4.78 is 0. The fraction of sp³-hybridized carbons (Fsp3) is 0.350. The second kappa shape index (κ2) is 7.99. The number of anilines is 1.